The van der Waals surface area contributed by atoms with Gasteiger partial charge in [0, 0.05) is 37.6 Å². The second-order valence-corrected chi connectivity index (χ2v) is 7.31. The summed E-state index contributed by atoms with van der Waals surface area (Å²) < 4.78 is 0. The van der Waals surface area contributed by atoms with E-state index in [1.165, 1.54) is 31.2 Å². The fourth-order valence-corrected chi connectivity index (χ4v) is 3.83. The highest BCUT2D eigenvalue weighted by atomic mass is 16.6. The molecule has 0 saturated carbocycles. The monoisotopic (exact) mass is 430 g/mol. The molecule has 9 heteroatoms. The Morgan fingerprint density at radius 2 is 1.47 bits per heavy atom. The smallest absolute Gasteiger partial charge is 0.269 e. The molecule has 1 amide bonds. The second-order valence-electron chi connectivity index (χ2n) is 7.31. The van der Waals surface area contributed by atoms with E-state index in [0.717, 1.165) is 5.56 Å². The predicted octanol–water partition coefficient (Wildman–Crippen LogP) is 5.12. The van der Waals surface area contributed by atoms with Gasteiger partial charge in [0.2, 0.25) is 5.91 Å². The minimum Gasteiger partial charge on any atom is -0.303 e. The fraction of sp³-hybridized carbons (Fsp3) is 0.130. The lowest BCUT2D eigenvalue weighted by Gasteiger charge is -2.30. The first-order valence-corrected chi connectivity index (χ1v) is 9.80. The molecule has 9 nitrogen and oxygen atoms in total. The van der Waals surface area contributed by atoms with Crippen molar-refractivity contribution in [2.24, 2.45) is 4.99 Å². The van der Waals surface area contributed by atoms with Crippen LogP contribution in [-0.4, -0.2) is 21.5 Å². The molecule has 0 N–H and O–H groups in total. The highest BCUT2D eigenvalue weighted by molar-refractivity contribution is 6.07. The lowest BCUT2D eigenvalue weighted by atomic mass is 9.95. The summed E-state index contributed by atoms with van der Waals surface area (Å²) in [6.07, 6.45) is 0.323. The zero-order valence-electron chi connectivity index (χ0n) is 17.0. The normalized spacial score (nSPS) is 15.3. The van der Waals surface area contributed by atoms with Gasteiger partial charge in [-0.2, -0.15) is 0 Å². The highest BCUT2D eigenvalue weighted by Gasteiger charge is 2.31. The predicted molar refractivity (Wildman–Crippen MR) is 119 cm³/mol. The van der Waals surface area contributed by atoms with Crippen molar-refractivity contribution >= 4 is 34.4 Å². The van der Waals surface area contributed by atoms with E-state index in [2.05, 4.69) is 0 Å². The van der Waals surface area contributed by atoms with Crippen LogP contribution >= 0.6 is 0 Å². The van der Waals surface area contributed by atoms with E-state index in [4.69, 9.17) is 4.99 Å². The molecule has 32 heavy (non-hydrogen) atoms. The quantitative estimate of drug-likeness (QED) is 0.420. The van der Waals surface area contributed by atoms with Gasteiger partial charge in [0.15, 0.2) is 0 Å². The minimum atomic E-state index is -0.474. The molecular weight excluding hydrogens is 412 g/mol. The topological polar surface area (TPSA) is 119 Å². The maximum atomic E-state index is 12.7. The molecule has 0 unspecified atom stereocenters. The first-order valence-electron chi connectivity index (χ1n) is 9.80. The van der Waals surface area contributed by atoms with Gasteiger partial charge < -0.3 is 4.90 Å². The van der Waals surface area contributed by atoms with Crippen LogP contribution in [0.3, 0.4) is 0 Å². The number of nitrogens with zero attached hydrogens (tertiary/aromatic N) is 4. The van der Waals surface area contributed by atoms with Crippen molar-refractivity contribution < 1.29 is 14.6 Å². The van der Waals surface area contributed by atoms with E-state index >= 15 is 0 Å². The van der Waals surface area contributed by atoms with E-state index in [1.807, 2.05) is 12.1 Å². The standard InChI is InChI=1S/C23H18N4O5/c1-15(28)25-22-5-3-2-4-20(22)24-21(16-6-10-18(11-7-16)26(29)30)14-23(25)17-8-12-19(13-9-17)27(31)32/h2-13,23H,14H2,1H3/t23-/m1/s1. The molecule has 3 aromatic carbocycles. The third-order valence-electron chi connectivity index (χ3n) is 5.33. The molecule has 1 heterocycles. The van der Waals surface area contributed by atoms with Crippen molar-refractivity contribution in [1.29, 1.82) is 0 Å². The van der Waals surface area contributed by atoms with E-state index < -0.39 is 15.9 Å². The van der Waals surface area contributed by atoms with Gasteiger partial charge in [0.1, 0.15) is 0 Å². The van der Waals surface area contributed by atoms with Crippen LogP contribution in [-0.2, 0) is 4.79 Å². The first kappa shape index (κ1) is 20.9. The van der Waals surface area contributed by atoms with E-state index in [1.54, 1.807) is 41.3 Å². The number of nitro groups is 2. The summed E-state index contributed by atoms with van der Waals surface area (Å²) >= 11 is 0. The molecule has 3 aromatic rings. The Morgan fingerprint density at radius 3 is 2.03 bits per heavy atom. The number of amides is 1. The number of benzene rings is 3. The van der Waals surface area contributed by atoms with Crippen LogP contribution in [0.4, 0.5) is 22.7 Å². The summed E-state index contributed by atoms with van der Waals surface area (Å²) in [5, 5.41) is 22.1. The Hall–Kier alpha value is -4.40. The molecule has 0 saturated heterocycles. The number of aliphatic imine (C=N–C) groups is 1. The summed E-state index contributed by atoms with van der Waals surface area (Å²) in [6.45, 7) is 1.46. The molecule has 0 bridgehead atoms. The van der Waals surface area contributed by atoms with Gasteiger partial charge in [0.25, 0.3) is 11.4 Å². The number of rotatable bonds is 4. The van der Waals surface area contributed by atoms with Crippen LogP contribution in [0.5, 0.6) is 0 Å². The van der Waals surface area contributed by atoms with Gasteiger partial charge >= 0.3 is 0 Å². The lowest BCUT2D eigenvalue weighted by Crippen LogP contribution is -2.33. The van der Waals surface area contributed by atoms with Crippen molar-refractivity contribution in [3.63, 3.8) is 0 Å². The Morgan fingerprint density at radius 1 is 0.906 bits per heavy atom. The molecule has 0 aliphatic carbocycles. The number of non-ortho nitro benzene ring substituents is 2. The van der Waals surface area contributed by atoms with E-state index in [0.29, 0.717) is 29.1 Å². The lowest BCUT2D eigenvalue weighted by molar-refractivity contribution is -0.385. The molecule has 1 atom stereocenters. The zero-order chi connectivity index (χ0) is 22.8. The zero-order valence-corrected chi connectivity index (χ0v) is 17.0. The fourth-order valence-electron chi connectivity index (χ4n) is 3.83. The molecule has 1 aliphatic heterocycles. The van der Waals surface area contributed by atoms with Gasteiger partial charge in [-0.1, -0.05) is 24.3 Å². The summed E-state index contributed by atoms with van der Waals surface area (Å²) in [5.41, 5.74) is 3.22. The van der Waals surface area contributed by atoms with Crippen molar-refractivity contribution in [3.05, 3.63) is 104 Å². The number of hydrogen-bond donors (Lipinski definition) is 0. The van der Waals surface area contributed by atoms with Crippen molar-refractivity contribution in [2.45, 2.75) is 19.4 Å². The number of hydrogen-bond acceptors (Lipinski definition) is 6. The average molecular weight is 430 g/mol. The second kappa shape index (κ2) is 8.38. The Kier molecular flexibility index (Phi) is 5.46. The van der Waals surface area contributed by atoms with Gasteiger partial charge in [-0.25, -0.2) is 0 Å². The van der Waals surface area contributed by atoms with Crippen LogP contribution in [0.15, 0.2) is 77.8 Å². The van der Waals surface area contributed by atoms with Crippen molar-refractivity contribution in [1.82, 2.24) is 0 Å². The van der Waals surface area contributed by atoms with Crippen LogP contribution in [0.1, 0.15) is 30.5 Å². The van der Waals surface area contributed by atoms with Gasteiger partial charge in [0.05, 0.1) is 33.0 Å². The maximum absolute atomic E-state index is 12.7. The molecule has 160 valence electrons. The van der Waals surface area contributed by atoms with Crippen LogP contribution in [0.25, 0.3) is 0 Å². The molecular formula is C23H18N4O5. The van der Waals surface area contributed by atoms with Gasteiger partial charge in [-0.05, 0) is 35.4 Å². The van der Waals surface area contributed by atoms with E-state index in [-0.39, 0.29) is 17.3 Å². The summed E-state index contributed by atoms with van der Waals surface area (Å²) in [5.74, 6) is -0.194. The van der Waals surface area contributed by atoms with Crippen LogP contribution in [0.2, 0.25) is 0 Å². The number of carbonyl (C=O) groups excluding carboxylic acids is 1. The average Bonchev–Trinajstić information content (AvgIpc) is 2.96. The minimum absolute atomic E-state index is 0.0272. The maximum Gasteiger partial charge on any atom is 0.269 e. The Labute approximate surface area is 182 Å². The molecule has 4 rings (SSSR count). The highest BCUT2D eigenvalue weighted by Crippen LogP contribution is 2.41. The summed E-state index contributed by atoms with van der Waals surface area (Å²) in [6, 6.07) is 19.0. The molecule has 0 fully saturated rings. The Balaban J connectivity index is 1.84. The van der Waals surface area contributed by atoms with Crippen molar-refractivity contribution in [3.8, 4) is 0 Å². The number of carbonyl (C=O) groups is 1. The molecule has 1 aliphatic rings. The largest absolute Gasteiger partial charge is 0.303 e. The van der Waals surface area contributed by atoms with Crippen LogP contribution < -0.4 is 4.90 Å². The van der Waals surface area contributed by atoms with Gasteiger partial charge in [-0.3, -0.25) is 30.0 Å². The Bertz CT molecular complexity index is 1240. The number of para-hydroxylation sites is 2. The number of nitro benzene ring substituents is 2. The molecule has 0 spiro atoms. The first-order chi connectivity index (χ1) is 15.3. The van der Waals surface area contributed by atoms with Crippen LogP contribution in [0, 0.1) is 20.2 Å². The third-order valence-corrected chi connectivity index (χ3v) is 5.33. The van der Waals surface area contributed by atoms with E-state index in [9.17, 15) is 25.0 Å². The summed E-state index contributed by atoms with van der Waals surface area (Å²) in [7, 11) is 0. The number of anilines is 1. The summed E-state index contributed by atoms with van der Waals surface area (Å²) in [4.78, 5) is 40.3. The van der Waals surface area contributed by atoms with Crippen molar-refractivity contribution in [2.75, 3.05) is 4.90 Å². The molecule has 0 aromatic heterocycles. The SMILES string of the molecule is CC(=O)N1c2ccccc2N=C(c2ccc([N+](=O)[O-])cc2)C[C@@H]1c1ccc([N+](=O)[O-])cc1. The molecule has 0 radical (unpaired) electrons. The third kappa shape index (κ3) is 3.95. The number of fused-ring (bicyclic) bond motifs is 1. The van der Waals surface area contributed by atoms with Gasteiger partial charge in [-0.15, -0.1) is 0 Å².